The molecular weight excluding hydrogens is 339 g/mol. The lowest BCUT2D eigenvalue weighted by molar-refractivity contribution is -0.117. The van der Waals surface area contributed by atoms with Gasteiger partial charge >= 0.3 is 0 Å². The molecule has 0 aliphatic heterocycles. The highest BCUT2D eigenvalue weighted by Crippen LogP contribution is 2.28. The van der Waals surface area contributed by atoms with Crippen molar-refractivity contribution in [2.75, 3.05) is 12.4 Å². The summed E-state index contributed by atoms with van der Waals surface area (Å²) in [4.78, 5) is 28.1. The summed E-state index contributed by atoms with van der Waals surface area (Å²) in [5.74, 6) is -0.590. The zero-order valence-corrected chi connectivity index (χ0v) is 13.8. The van der Waals surface area contributed by atoms with E-state index in [2.05, 4.69) is 15.4 Å². The van der Waals surface area contributed by atoms with E-state index in [0.717, 1.165) is 4.68 Å². The van der Waals surface area contributed by atoms with E-state index in [0.29, 0.717) is 16.9 Å². The molecule has 7 nitrogen and oxygen atoms in total. The van der Waals surface area contributed by atoms with Crippen molar-refractivity contribution in [3.8, 4) is 17.0 Å². The molecule has 3 rings (SSSR count). The Morgan fingerprint density at radius 1 is 1.27 bits per heavy atom. The summed E-state index contributed by atoms with van der Waals surface area (Å²) < 4.78 is 19.5. The standard InChI is InChI=1S/C18H15FN4O3/c1-26-16-9-12(19)4-5-14(16)15-6-7-18(25)23(22-15)11-17(24)21-13-3-2-8-20-10-13/h2-10H,11H2,1H3,(H,21,24). The van der Waals surface area contributed by atoms with Crippen LogP contribution in [-0.2, 0) is 11.3 Å². The van der Waals surface area contributed by atoms with Gasteiger partial charge < -0.3 is 10.1 Å². The zero-order chi connectivity index (χ0) is 18.5. The summed E-state index contributed by atoms with van der Waals surface area (Å²) in [7, 11) is 1.41. The average molecular weight is 354 g/mol. The van der Waals surface area contributed by atoms with E-state index in [-0.39, 0.29) is 12.3 Å². The fourth-order valence-corrected chi connectivity index (χ4v) is 2.36. The van der Waals surface area contributed by atoms with Crippen LogP contribution in [0.25, 0.3) is 11.3 Å². The Morgan fingerprint density at radius 3 is 2.85 bits per heavy atom. The molecule has 0 unspecified atom stereocenters. The van der Waals surface area contributed by atoms with Crippen molar-refractivity contribution < 1.29 is 13.9 Å². The Morgan fingerprint density at radius 2 is 2.12 bits per heavy atom. The van der Waals surface area contributed by atoms with Crippen LogP contribution >= 0.6 is 0 Å². The maximum Gasteiger partial charge on any atom is 0.267 e. The number of aromatic nitrogens is 3. The highest BCUT2D eigenvalue weighted by atomic mass is 19.1. The molecule has 1 N–H and O–H groups in total. The molecule has 0 atom stereocenters. The Balaban J connectivity index is 1.86. The van der Waals surface area contributed by atoms with E-state index in [9.17, 15) is 14.0 Å². The second-order valence-electron chi connectivity index (χ2n) is 5.35. The van der Waals surface area contributed by atoms with E-state index in [1.807, 2.05) is 0 Å². The molecule has 3 aromatic rings. The molecule has 2 aromatic heterocycles. The monoisotopic (exact) mass is 354 g/mol. The van der Waals surface area contributed by atoms with Crippen LogP contribution in [0.1, 0.15) is 0 Å². The van der Waals surface area contributed by atoms with E-state index in [1.54, 1.807) is 18.3 Å². The van der Waals surface area contributed by atoms with Crippen molar-refractivity contribution in [1.82, 2.24) is 14.8 Å². The number of amides is 1. The first-order valence-corrected chi connectivity index (χ1v) is 7.69. The zero-order valence-electron chi connectivity index (χ0n) is 13.8. The average Bonchev–Trinajstić information content (AvgIpc) is 2.64. The summed E-state index contributed by atoms with van der Waals surface area (Å²) in [6, 6.07) is 10.1. The normalized spacial score (nSPS) is 10.4. The molecule has 1 amide bonds. The molecule has 1 aromatic carbocycles. The molecule has 132 valence electrons. The number of carbonyl (C=O) groups is 1. The van der Waals surface area contributed by atoms with Crippen LogP contribution in [0.5, 0.6) is 5.75 Å². The molecule has 0 saturated heterocycles. The summed E-state index contributed by atoms with van der Waals surface area (Å²) in [6.07, 6.45) is 3.08. The minimum absolute atomic E-state index is 0.273. The summed E-state index contributed by atoms with van der Waals surface area (Å²) >= 11 is 0. The smallest absolute Gasteiger partial charge is 0.267 e. The molecule has 0 bridgehead atoms. The topological polar surface area (TPSA) is 86.1 Å². The van der Waals surface area contributed by atoms with Gasteiger partial charge in [0, 0.05) is 23.9 Å². The number of anilines is 1. The number of rotatable bonds is 5. The molecule has 0 saturated carbocycles. The van der Waals surface area contributed by atoms with Gasteiger partial charge in [-0.25, -0.2) is 9.07 Å². The largest absolute Gasteiger partial charge is 0.496 e. The van der Waals surface area contributed by atoms with Crippen LogP contribution in [0, 0.1) is 5.82 Å². The first-order valence-electron chi connectivity index (χ1n) is 7.69. The molecular formula is C18H15FN4O3. The highest BCUT2D eigenvalue weighted by molar-refractivity contribution is 5.90. The second-order valence-corrected chi connectivity index (χ2v) is 5.35. The van der Waals surface area contributed by atoms with Crippen molar-refractivity contribution in [3.05, 3.63) is 71.0 Å². The fraction of sp³-hybridized carbons (Fsp3) is 0.111. The van der Waals surface area contributed by atoms with Crippen molar-refractivity contribution in [1.29, 1.82) is 0 Å². The number of hydrogen-bond donors (Lipinski definition) is 1. The molecule has 0 aliphatic carbocycles. The minimum Gasteiger partial charge on any atom is -0.496 e. The van der Waals surface area contributed by atoms with Gasteiger partial charge in [0.05, 0.1) is 24.7 Å². The minimum atomic E-state index is -0.449. The third kappa shape index (κ3) is 3.92. The van der Waals surface area contributed by atoms with Gasteiger partial charge in [-0.15, -0.1) is 0 Å². The van der Waals surface area contributed by atoms with E-state index >= 15 is 0 Å². The molecule has 0 fully saturated rings. The van der Waals surface area contributed by atoms with Crippen molar-refractivity contribution in [2.45, 2.75) is 6.54 Å². The third-order valence-electron chi connectivity index (χ3n) is 3.54. The van der Waals surface area contributed by atoms with Crippen LogP contribution in [-0.4, -0.2) is 27.8 Å². The number of methoxy groups -OCH3 is 1. The number of pyridine rings is 1. The van der Waals surface area contributed by atoms with Crippen molar-refractivity contribution in [3.63, 3.8) is 0 Å². The molecule has 2 heterocycles. The number of hydrogen-bond acceptors (Lipinski definition) is 5. The Bertz CT molecular complexity index is 989. The maximum absolute atomic E-state index is 13.4. The van der Waals surface area contributed by atoms with Crippen LogP contribution < -0.4 is 15.6 Å². The summed E-state index contributed by atoms with van der Waals surface area (Å²) in [6.45, 7) is -0.273. The fourth-order valence-electron chi connectivity index (χ4n) is 2.36. The van der Waals surface area contributed by atoms with Gasteiger partial charge in [-0.3, -0.25) is 14.6 Å². The Hall–Kier alpha value is -3.55. The lowest BCUT2D eigenvalue weighted by Gasteiger charge is -2.10. The molecule has 0 spiro atoms. The number of carbonyl (C=O) groups excluding carboxylic acids is 1. The lowest BCUT2D eigenvalue weighted by atomic mass is 10.1. The van der Waals surface area contributed by atoms with Crippen LogP contribution in [0.2, 0.25) is 0 Å². The number of benzene rings is 1. The molecule has 8 heteroatoms. The van der Waals surface area contributed by atoms with Crippen LogP contribution in [0.15, 0.2) is 59.7 Å². The Kier molecular flexibility index (Phi) is 5.02. The lowest BCUT2D eigenvalue weighted by Crippen LogP contribution is -2.29. The third-order valence-corrected chi connectivity index (χ3v) is 3.54. The molecule has 0 radical (unpaired) electrons. The van der Waals surface area contributed by atoms with Gasteiger partial charge in [0.25, 0.3) is 5.56 Å². The SMILES string of the molecule is COc1cc(F)ccc1-c1ccc(=O)n(CC(=O)Nc2cccnc2)n1. The Labute approximate surface area is 148 Å². The maximum atomic E-state index is 13.4. The first-order chi connectivity index (χ1) is 12.6. The van der Waals surface area contributed by atoms with Gasteiger partial charge in [0.15, 0.2) is 0 Å². The molecule has 0 aliphatic rings. The summed E-state index contributed by atoms with van der Waals surface area (Å²) in [5.41, 5.74) is 0.976. The first kappa shape index (κ1) is 17.3. The number of nitrogens with one attached hydrogen (secondary N) is 1. The molecule has 26 heavy (non-hydrogen) atoms. The van der Waals surface area contributed by atoms with Gasteiger partial charge in [-0.2, -0.15) is 5.10 Å². The van der Waals surface area contributed by atoms with Crippen molar-refractivity contribution in [2.24, 2.45) is 0 Å². The van der Waals surface area contributed by atoms with Gasteiger partial charge in [0.1, 0.15) is 18.1 Å². The van der Waals surface area contributed by atoms with Crippen LogP contribution in [0.3, 0.4) is 0 Å². The number of nitrogens with zero attached hydrogens (tertiary/aromatic N) is 3. The van der Waals surface area contributed by atoms with Crippen LogP contribution in [0.4, 0.5) is 10.1 Å². The summed E-state index contributed by atoms with van der Waals surface area (Å²) in [5, 5.41) is 6.82. The van der Waals surface area contributed by atoms with Gasteiger partial charge in [-0.1, -0.05) is 0 Å². The highest BCUT2D eigenvalue weighted by Gasteiger charge is 2.12. The van der Waals surface area contributed by atoms with E-state index in [1.165, 1.54) is 43.6 Å². The quantitative estimate of drug-likeness (QED) is 0.758. The predicted octanol–water partition coefficient (Wildman–Crippen LogP) is 2.09. The second kappa shape index (κ2) is 7.56. The number of ether oxygens (including phenoxy) is 1. The van der Waals surface area contributed by atoms with E-state index in [4.69, 9.17) is 4.74 Å². The van der Waals surface area contributed by atoms with Crippen molar-refractivity contribution >= 4 is 11.6 Å². The van der Waals surface area contributed by atoms with Gasteiger partial charge in [0.2, 0.25) is 5.91 Å². The predicted molar refractivity (Wildman–Crippen MR) is 93.3 cm³/mol. The number of halogens is 1. The van der Waals surface area contributed by atoms with E-state index < -0.39 is 17.3 Å². The van der Waals surface area contributed by atoms with Gasteiger partial charge in [-0.05, 0) is 30.3 Å².